The molecular weight excluding hydrogens is 312 g/mol. The van der Waals surface area contributed by atoms with Crippen molar-refractivity contribution in [2.24, 2.45) is 0 Å². The minimum Gasteiger partial charge on any atom is -0.245 e. The summed E-state index contributed by atoms with van der Waals surface area (Å²) in [6.07, 6.45) is 0. The van der Waals surface area contributed by atoms with Gasteiger partial charge < -0.3 is 0 Å². The van der Waals surface area contributed by atoms with Crippen molar-refractivity contribution in [3.63, 3.8) is 0 Å². The molecule has 0 bridgehead atoms. The summed E-state index contributed by atoms with van der Waals surface area (Å²) in [5.74, 6) is 0. The van der Waals surface area contributed by atoms with Crippen molar-refractivity contribution in [1.29, 1.82) is 0 Å². The fourth-order valence-electron chi connectivity index (χ4n) is 2.07. The molecule has 2 heterocycles. The van der Waals surface area contributed by atoms with Crippen molar-refractivity contribution < 1.29 is 8.42 Å². The number of thiophene rings is 1. The number of thiazole rings is 1. The average Bonchev–Trinajstić information content (AvgIpc) is 2.93. The normalized spacial score (nSPS) is 13.9. The van der Waals surface area contributed by atoms with Gasteiger partial charge in [0.25, 0.3) is 10.0 Å². The third kappa shape index (κ3) is 2.67. The second-order valence-electron chi connectivity index (χ2n) is 4.76. The molecule has 0 aliphatic carbocycles. The highest BCUT2D eigenvalue weighted by Gasteiger charge is 2.30. The molecule has 4 nitrogen and oxygen atoms in total. The SMILES string of the molecule is Cc1nc([C@@H](C)N(C)S(=O)(=O)c2sccc2C)c(C)s1. The quantitative estimate of drug-likeness (QED) is 0.862. The van der Waals surface area contributed by atoms with E-state index >= 15 is 0 Å². The van der Waals surface area contributed by atoms with Crippen LogP contribution in [0.2, 0.25) is 0 Å². The zero-order valence-electron chi connectivity index (χ0n) is 12.2. The highest BCUT2D eigenvalue weighted by molar-refractivity contribution is 7.91. The predicted octanol–water partition coefficient (Wildman–Crippen LogP) is 3.51. The second kappa shape index (κ2) is 5.55. The lowest BCUT2D eigenvalue weighted by molar-refractivity contribution is 0.392. The first kappa shape index (κ1) is 15.6. The average molecular weight is 331 g/mol. The van der Waals surface area contributed by atoms with Crippen molar-refractivity contribution in [3.05, 3.63) is 32.6 Å². The summed E-state index contributed by atoms with van der Waals surface area (Å²) in [6, 6.07) is 1.56. The van der Waals surface area contributed by atoms with Gasteiger partial charge in [0.15, 0.2) is 0 Å². The van der Waals surface area contributed by atoms with Gasteiger partial charge in [0.1, 0.15) is 4.21 Å². The zero-order chi connectivity index (χ0) is 15.1. The lowest BCUT2D eigenvalue weighted by atomic mass is 10.2. The monoisotopic (exact) mass is 330 g/mol. The third-order valence-corrected chi connectivity index (χ3v) is 7.80. The van der Waals surface area contributed by atoms with Gasteiger partial charge in [-0.15, -0.1) is 22.7 Å². The van der Waals surface area contributed by atoms with Gasteiger partial charge in [0.2, 0.25) is 0 Å². The van der Waals surface area contributed by atoms with E-state index in [0.717, 1.165) is 21.1 Å². The molecule has 0 aliphatic rings. The van der Waals surface area contributed by atoms with Gasteiger partial charge in [-0.2, -0.15) is 4.31 Å². The van der Waals surface area contributed by atoms with Gasteiger partial charge in [-0.05, 0) is 44.7 Å². The van der Waals surface area contributed by atoms with Crippen LogP contribution in [0.25, 0.3) is 0 Å². The molecule has 0 fully saturated rings. The van der Waals surface area contributed by atoms with E-state index in [9.17, 15) is 8.42 Å². The fraction of sp³-hybridized carbons (Fsp3) is 0.462. The van der Waals surface area contributed by atoms with E-state index in [2.05, 4.69) is 4.98 Å². The Labute approximate surface area is 128 Å². The van der Waals surface area contributed by atoms with Crippen LogP contribution in [0, 0.1) is 20.8 Å². The third-order valence-electron chi connectivity index (χ3n) is 3.31. The number of sulfonamides is 1. The van der Waals surface area contributed by atoms with Crippen molar-refractivity contribution in [2.75, 3.05) is 7.05 Å². The molecule has 2 aromatic heterocycles. The van der Waals surface area contributed by atoms with E-state index in [1.165, 1.54) is 15.6 Å². The van der Waals surface area contributed by atoms with Crippen LogP contribution in [0.3, 0.4) is 0 Å². The first-order valence-corrected chi connectivity index (χ1v) is 9.34. The molecule has 0 amide bonds. The molecular formula is C13H18N2O2S3. The Hall–Kier alpha value is -0.760. The smallest absolute Gasteiger partial charge is 0.245 e. The van der Waals surface area contributed by atoms with Crippen molar-refractivity contribution in [3.8, 4) is 0 Å². The van der Waals surface area contributed by atoms with Crippen LogP contribution in [0.4, 0.5) is 0 Å². The zero-order valence-corrected chi connectivity index (χ0v) is 14.6. The largest absolute Gasteiger partial charge is 0.253 e. The van der Waals surface area contributed by atoms with E-state index in [4.69, 9.17) is 0 Å². The van der Waals surface area contributed by atoms with E-state index in [-0.39, 0.29) is 6.04 Å². The molecule has 0 radical (unpaired) electrons. The first-order chi connectivity index (χ1) is 9.25. The molecule has 0 N–H and O–H groups in total. The molecule has 0 aromatic carbocycles. The lowest BCUT2D eigenvalue weighted by Crippen LogP contribution is -2.30. The Bertz CT molecular complexity index is 716. The molecule has 0 saturated carbocycles. The maximum absolute atomic E-state index is 12.7. The predicted molar refractivity (Wildman–Crippen MR) is 84.0 cm³/mol. The van der Waals surface area contributed by atoms with Crippen LogP contribution >= 0.6 is 22.7 Å². The van der Waals surface area contributed by atoms with Crippen LogP contribution in [0.1, 0.15) is 34.1 Å². The Balaban J connectivity index is 2.38. The Kier molecular flexibility index (Phi) is 4.34. The topological polar surface area (TPSA) is 50.3 Å². The van der Waals surface area contributed by atoms with Gasteiger partial charge in [0.05, 0.1) is 16.7 Å². The van der Waals surface area contributed by atoms with Gasteiger partial charge in [-0.3, -0.25) is 0 Å². The minimum atomic E-state index is -3.46. The summed E-state index contributed by atoms with van der Waals surface area (Å²) in [7, 11) is -1.85. The summed E-state index contributed by atoms with van der Waals surface area (Å²) in [5.41, 5.74) is 1.63. The van der Waals surface area contributed by atoms with Gasteiger partial charge in [-0.25, -0.2) is 13.4 Å². The number of aryl methyl sites for hydroxylation is 3. The fourth-order valence-corrected chi connectivity index (χ4v) is 5.88. The number of hydrogen-bond donors (Lipinski definition) is 0. The summed E-state index contributed by atoms with van der Waals surface area (Å²) in [6.45, 7) is 7.61. The Morgan fingerprint density at radius 3 is 2.40 bits per heavy atom. The minimum absolute atomic E-state index is 0.272. The van der Waals surface area contributed by atoms with E-state index in [0.29, 0.717) is 4.21 Å². The maximum Gasteiger partial charge on any atom is 0.253 e. The summed E-state index contributed by atoms with van der Waals surface area (Å²) in [5, 5.41) is 2.77. The van der Waals surface area contributed by atoms with Crippen LogP contribution in [0.15, 0.2) is 15.7 Å². The molecule has 0 aliphatic heterocycles. The van der Waals surface area contributed by atoms with Crippen LogP contribution < -0.4 is 0 Å². The van der Waals surface area contributed by atoms with E-state index < -0.39 is 10.0 Å². The van der Waals surface area contributed by atoms with Crippen molar-refractivity contribution in [1.82, 2.24) is 9.29 Å². The Morgan fingerprint density at radius 2 is 1.95 bits per heavy atom. The molecule has 110 valence electrons. The first-order valence-electron chi connectivity index (χ1n) is 6.21. The van der Waals surface area contributed by atoms with Crippen molar-refractivity contribution in [2.45, 2.75) is 37.9 Å². The molecule has 0 unspecified atom stereocenters. The number of rotatable bonds is 4. The van der Waals surface area contributed by atoms with E-state index in [1.807, 2.05) is 33.8 Å². The molecule has 1 atom stereocenters. The van der Waals surface area contributed by atoms with Crippen LogP contribution in [-0.4, -0.2) is 24.8 Å². The van der Waals surface area contributed by atoms with Gasteiger partial charge in [0, 0.05) is 11.9 Å². The molecule has 2 rings (SSSR count). The summed E-state index contributed by atoms with van der Waals surface area (Å²) >= 11 is 2.86. The van der Waals surface area contributed by atoms with Crippen molar-refractivity contribution >= 4 is 32.7 Å². The summed E-state index contributed by atoms with van der Waals surface area (Å²) < 4.78 is 27.1. The highest BCUT2D eigenvalue weighted by atomic mass is 32.2. The number of hydrogen-bond acceptors (Lipinski definition) is 5. The number of aromatic nitrogens is 1. The van der Waals surface area contributed by atoms with Crippen LogP contribution in [0.5, 0.6) is 0 Å². The van der Waals surface area contributed by atoms with E-state index in [1.54, 1.807) is 23.8 Å². The molecule has 0 spiro atoms. The van der Waals surface area contributed by atoms with Gasteiger partial charge in [-0.1, -0.05) is 0 Å². The summed E-state index contributed by atoms with van der Waals surface area (Å²) in [4.78, 5) is 5.53. The lowest BCUT2D eigenvalue weighted by Gasteiger charge is -2.23. The van der Waals surface area contributed by atoms with Gasteiger partial charge >= 0.3 is 0 Å². The standard InChI is InChI=1S/C13H18N2O2S3/c1-8-6-7-18-13(8)20(16,17)15(5)9(2)12-10(3)19-11(4)14-12/h6-7,9H,1-5H3/t9-/m1/s1. The number of nitrogens with zero attached hydrogens (tertiary/aromatic N) is 2. The molecule has 7 heteroatoms. The second-order valence-corrected chi connectivity index (χ2v) is 9.28. The molecule has 20 heavy (non-hydrogen) atoms. The molecule has 2 aromatic rings. The molecule has 0 saturated heterocycles. The highest BCUT2D eigenvalue weighted by Crippen LogP contribution is 2.32. The van der Waals surface area contributed by atoms with Crippen LogP contribution in [-0.2, 0) is 10.0 Å². The maximum atomic E-state index is 12.7. The Morgan fingerprint density at radius 1 is 1.30 bits per heavy atom.